The molecule has 4 heteroatoms. The van der Waals surface area contributed by atoms with E-state index in [0.717, 1.165) is 12.1 Å². The van der Waals surface area contributed by atoms with Crippen molar-refractivity contribution in [3.8, 4) is 0 Å². The lowest BCUT2D eigenvalue weighted by molar-refractivity contribution is -0.929. The zero-order valence-corrected chi connectivity index (χ0v) is 19.7. The minimum atomic E-state index is 0.424. The van der Waals surface area contributed by atoms with Gasteiger partial charge in [-0.15, -0.1) is 0 Å². The van der Waals surface area contributed by atoms with Gasteiger partial charge < -0.3 is 19.2 Å². The lowest BCUT2D eigenvalue weighted by Crippen LogP contribution is -2.49. The number of aliphatic hydroxyl groups excluding tert-OH is 2. The van der Waals surface area contributed by atoms with Gasteiger partial charge in [0.05, 0.1) is 64.6 Å². The van der Waals surface area contributed by atoms with Crippen LogP contribution >= 0.6 is 0 Å². The minimum absolute atomic E-state index is 0.424. The number of aliphatic hydroxyl groups is 2. The normalized spacial score (nSPS) is 40.2. The Labute approximate surface area is 185 Å². The van der Waals surface area contributed by atoms with E-state index in [-0.39, 0.29) is 0 Å². The van der Waals surface area contributed by atoms with Crippen LogP contribution in [-0.2, 0) is 0 Å². The topological polar surface area (TPSA) is 40.5 Å². The molecule has 30 heavy (non-hydrogen) atoms. The van der Waals surface area contributed by atoms with Crippen molar-refractivity contribution in [3.05, 3.63) is 0 Å². The van der Waals surface area contributed by atoms with Gasteiger partial charge in [0.2, 0.25) is 0 Å². The van der Waals surface area contributed by atoms with Crippen molar-refractivity contribution in [1.29, 1.82) is 0 Å². The van der Waals surface area contributed by atoms with Gasteiger partial charge in [-0.05, 0) is 25.7 Å². The van der Waals surface area contributed by atoms with Crippen molar-refractivity contribution in [1.82, 2.24) is 0 Å². The van der Waals surface area contributed by atoms with Gasteiger partial charge in [-0.2, -0.15) is 0 Å². The Bertz CT molecular complexity index is 483. The van der Waals surface area contributed by atoms with Crippen LogP contribution in [0.2, 0.25) is 0 Å². The number of rotatable bonds is 13. The molecule has 0 spiro atoms. The van der Waals surface area contributed by atoms with E-state index in [2.05, 4.69) is 0 Å². The number of quaternary nitrogens is 2. The van der Waals surface area contributed by atoms with Crippen LogP contribution in [0, 0.1) is 11.8 Å². The Balaban J connectivity index is 1.02. The molecule has 4 rings (SSSR count). The highest BCUT2D eigenvalue weighted by Gasteiger charge is 2.51. The van der Waals surface area contributed by atoms with Gasteiger partial charge >= 0.3 is 0 Å². The first-order valence-electron chi connectivity index (χ1n) is 13.7. The molecule has 4 heterocycles. The third kappa shape index (κ3) is 4.77. The standard InChI is InChI=1S/C26H50N2O2/c29-21-23-13-19-27(17-9-11-25(23)27)15-7-5-3-1-2-4-6-8-16-28-18-10-12-26(28)24(22-30)14-20-28/h23-26,29-30H,1-22H2/q+2/t23-,24-,25+,26+,27?,28?/m0/s1. The van der Waals surface area contributed by atoms with Crippen molar-refractivity contribution in [2.45, 2.75) is 102 Å². The van der Waals surface area contributed by atoms with Crippen molar-refractivity contribution in [3.63, 3.8) is 0 Å². The highest BCUT2D eigenvalue weighted by Crippen LogP contribution is 2.41. The molecule has 6 atom stereocenters. The summed E-state index contributed by atoms with van der Waals surface area (Å²) in [5.41, 5.74) is 0. The maximum atomic E-state index is 9.67. The number of nitrogens with zero attached hydrogens (tertiary/aromatic N) is 2. The van der Waals surface area contributed by atoms with Crippen LogP contribution in [0.5, 0.6) is 0 Å². The molecular formula is C26H50N2O2+2. The average molecular weight is 423 g/mol. The van der Waals surface area contributed by atoms with Crippen molar-refractivity contribution in [2.75, 3.05) is 52.5 Å². The average Bonchev–Trinajstić information content (AvgIpc) is 3.49. The number of hydrogen-bond donors (Lipinski definition) is 2. The summed E-state index contributed by atoms with van der Waals surface area (Å²) in [5.74, 6) is 1.20. The molecule has 0 radical (unpaired) electrons. The van der Waals surface area contributed by atoms with Crippen molar-refractivity contribution in [2.24, 2.45) is 11.8 Å². The summed E-state index contributed by atoms with van der Waals surface area (Å²) in [6.07, 6.45) is 19.4. The Morgan fingerprint density at radius 1 is 0.500 bits per heavy atom. The Morgan fingerprint density at radius 3 is 1.30 bits per heavy atom. The molecule has 0 aromatic carbocycles. The maximum Gasteiger partial charge on any atom is 0.0945 e. The molecular weight excluding hydrogens is 372 g/mol. The fourth-order valence-electron chi connectivity index (χ4n) is 8.38. The predicted octanol–water partition coefficient (Wildman–Crippen LogP) is 4.09. The van der Waals surface area contributed by atoms with Crippen molar-refractivity contribution < 1.29 is 19.2 Å². The third-order valence-electron chi connectivity index (χ3n) is 10.0. The molecule has 2 N–H and O–H groups in total. The molecule has 0 saturated carbocycles. The van der Waals surface area contributed by atoms with Gasteiger partial charge in [0.25, 0.3) is 0 Å². The molecule has 4 saturated heterocycles. The minimum Gasteiger partial charge on any atom is -0.396 e. The predicted molar refractivity (Wildman–Crippen MR) is 123 cm³/mol. The van der Waals surface area contributed by atoms with Crippen LogP contribution in [0.15, 0.2) is 0 Å². The largest absolute Gasteiger partial charge is 0.396 e. The number of unbranched alkanes of at least 4 members (excludes halogenated alkanes) is 7. The van der Waals surface area contributed by atoms with E-state index in [1.165, 1.54) is 138 Å². The summed E-state index contributed by atoms with van der Waals surface area (Å²) < 4.78 is 2.73. The molecule has 4 aliphatic rings. The highest BCUT2D eigenvalue weighted by molar-refractivity contribution is 4.83. The van der Waals surface area contributed by atoms with Gasteiger partial charge in [-0.1, -0.05) is 25.7 Å². The Kier molecular flexibility index (Phi) is 8.16. The summed E-state index contributed by atoms with van der Waals surface area (Å²) in [7, 11) is 0. The molecule has 0 aromatic heterocycles. The molecule has 0 amide bonds. The Hall–Kier alpha value is -0.160. The molecule has 174 valence electrons. The molecule has 4 fully saturated rings. The van der Waals surface area contributed by atoms with Crippen LogP contribution < -0.4 is 0 Å². The van der Waals surface area contributed by atoms with E-state index >= 15 is 0 Å². The van der Waals surface area contributed by atoms with Gasteiger partial charge in [0, 0.05) is 50.4 Å². The van der Waals surface area contributed by atoms with Crippen LogP contribution in [0.3, 0.4) is 0 Å². The molecule has 0 aliphatic carbocycles. The Morgan fingerprint density at radius 2 is 0.900 bits per heavy atom. The lowest BCUT2D eigenvalue weighted by Gasteiger charge is -2.36. The summed E-state index contributed by atoms with van der Waals surface area (Å²) in [6, 6.07) is 1.58. The van der Waals surface area contributed by atoms with Crippen LogP contribution in [-0.4, -0.2) is 83.7 Å². The first-order chi connectivity index (χ1) is 14.7. The SMILES string of the molecule is OC[C@@H]1CC[N+]2(CCCCCCCCCC[N+]34CCC[C@@H]3[C@H](CO)CC4)CCC[C@H]12. The zero-order chi connectivity index (χ0) is 20.9. The van der Waals surface area contributed by atoms with E-state index in [9.17, 15) is 10.2 Å². The van der Waals surface area contributed by atoms with Gasteiger partial charge in [0.15, 0.2) is 0 Å². The summed E-state index contributed by atoms with van der Waals surface area (Å²) in [6.45, 7) is 9.09. The molecule has 4 nitrogen and oxygen atoms in total. The van der Waals surface area contributed by atoms with Crippen LogP contribution in [0.25, 0.3) is 0 Å². The smallest absolute Gasteiger partial charge is 0.0945 e. The second-order valence-electron chi connectivity index (χ2n) is 11.5. The van der Waals surface area contributed by atoms with Crippen LogP contribution in [0.4, 0.5) is 0 Å². The maximum absolute atomic E-state index is 9.67. The van der Waals surface area contributed by atoms with E-state index < -0.39 is 0 Å². The van der Waals surface area contributed by atoms with Gasteiger partial charge in [0.1, 0.15) is 0 Å². The number of hydrogen-bond acceptors (Lipinski definition) is 2. The fourth-order valence-corrected chi connectivity index (χ4v) is 8.38. The fraction of sp³-hybridized carbons (Fsp3) is 1.00. The van der Waals surface area contributed by atoms with E-state index in [0.29, 0.717) is 25.0 Å². The summed E-state index contributed by atoms with van der Waals surface area (Å²) in [4.78, 5) is 0. The highest BCUT2D eigenvalue weighted by atomic mass is 16.3. The van der Waals surface area contributed by atoms with E-state index in [1.807, 2.05) is 0 Å². The van der Waals surface area contributed by atoms with Gasteiger partial charge in [-0.25, -0.2) is 0 Å². The second-order valence-corrected chi connectivity index (χ2v) is 11.5. The number of fused-ring (bicyclic) bond motifs is 2. The molecule has 4 aliphatic heterocycles. The molecule has 0 aromatic rings. The van der Waals surface area contributed by atoms with E-state index in [4.69, 9.17) is 0 Å². The first-order valence-corrected chi connectivity index (χ1v) is 13.7. The third-order valence-corrected chi connectivity index (χ3v) is 10.0. The zero-order valence-electron chi connectivity index (χ0n) is 19.7. The van der Waals surface area contributed by atoms with Crippen LogP contribution in [0.1, 0.15) is 89.9 Å². The second kappa shape index (κ2) is 10.6. The molecule has 2 unspecified atom stereocenters. The summed E-state index contributed by atoms with van der Waals surface area (Å²) in [5, 5.41) is 19.3. The van der Waals surface area contributed by atoms with Crippen molar-refractivity contribution >= 4 is 0 Å². The lowest BCUT2D eigenvalue weighted by atomic mass is 9.99. The van der Waals surface area contributed by atoms with Gasteiger partial charge in [-0.3, -0.25) is 0 Å². The monoisotopic (exact) mass is 422 g/mol. The van der Waals surface area contributed by atoms with E-state index in [1.54, 1.807) is 0 Å². The molecule has 0 bridgehead atoms. The quantitative estimate of drug-likeness (QED) is 0.347. The first kappa shape index (κ1) is 23.0. The summed E-state index contributed by atoms with van der Waals surface area (Å²) >= 11 is 0.